The van der Waals surface area contributed by atoms with Crippen LogP contribution >= 0.6 is 27.5 Å². The van der Waals surface area contributed by atoms with Crippen LogP contribution in [0, 0.1) is 20.8 Å². The molecule has 0 amide bonds. The van der Waals surface area contributed by atoms with Gasteiger partial charge in [-0.25, -0.2) is 0 Å². The molecule has 0 N–H and O–H groups in total. The molecule has 0 spiro atoms. The van der Waals surface area contributed by atoms with E-state index in [1.807, 2.05) is 45.0 Å². The summed E-state index contributed by atoms with van der Waals surface area (Å²) in [6, 6.07) is 9.42. The molecule has 110 valence electrons. The van der Waals surface area contributed by atoms with Crippen molar-refractivity contribution in [3.8, 4) is 5.75 Å². The average molecular weight is 368 g/mol. The third-order valence-electron chi connectivity index (χ3n) is 3.22. The van der Waals surface area contributed by atoms with Crippen LogP contribution in [0.3, 0.4) is 0 Å². The Kier molecular flexibility index (Phi) is 5.07. The third-order valence-corrected chi connectivity index (χ3v) is 3.96. The number of benzene rings is 2. The van der Waals surface area contributed by atoms with E-state index in [1.54, 1.807) is 6.07 Å². The van der Waals surface area contributed by atoms with Crippen LogP contribution in [0.2, 0.25) is 5.02 Å². The molecule has 0 aliphatic rings. The fourth-order valence-corrected chi connectivity index (χ4v) is 3.24. The van der Waals surface area contributed by atoms with Crippen LogP contribution in [0.5, 0.6) is 5.75 Å². The maximum atomic E-state index is 12.3. The van der Waals surface area contributed by atoms with E-state index in [2.05, 4.69) is 15.9 Å². The van der Waals surface area contributed by atoms with Gasteiger partial charge in [0.15, 0.2) is 12.4 Å². The number of ketones is 1. The van der Waals surface area contributed by atoms with E-state index in [-0.39, 0.29) is 12.4 Å². The van der Waals surface area contributed by atoms with Crippen molar-refractivity contribution in [2.45, 2.75) is 20.8 Å². The van der Waals surface area contributed by atoms with Gasteiger partial charge in [-0.15, -0.1) is 0 Å². The fourth-order valence-electron chi connectivity index (χ4n) is 2.21. The molecule has 21 heavy (non-hydrogen) atoms. The number of rotatable bonds is 4. The second kappa shape index (κ2) is 6.63. The monoisotopic (exact) mass is 366 g/mol. The number of ether oxygens (including phenoxy) is 1. The standard InChI is InChI=1S/C17H16BrClO2/c1-10-4-5-14(11(2)6-10)16(20)9-21-17-12(3)7-13(18)8-15(17)19/h4-8H,9H2,1-3H3. The normalized spacial score (nSPS) is 10.5. The highest BCUT2D eigenvalue weighted by molar-refractivity contribution is 9.10. The predicted molar refractivity (Wildman–Crippen MR) is 89.6 cm³/mol. The summed E-state index contributed by atoms with van der Waals surface area (Å²) in [5.74, 6) is 0.504. The van der Waals surface area contributed by atoms with Crippen molar-refractivity contribution in [2.24, 2.45) is 0 Å². The van der Waals surface area contributed by atoms with Gasteiger partial charge >= 0.3 is 0 Å². The maximum absolute atomic E-state index is 12.3. The lowest BCUT2D eigenvalue weighted by Gasteiger charge is -2.12. The summed E-state index contributed by atoms with van der Waals surface area (Å²) in [5.41, 5.74) is 3.67. The Bertz CT molecular complexity index is 672. The van der Waals surface area contributed by atoms with Gasteiger partial charge in [-0.05, 0) is 44.0 Å². The van der Waals surface area contributed by atoms with Gasteiger partial charge in [-0.1, -0.05) is 51.3 Å². The van der Waals surface area contributed by atoms with Gasteiger partial charge < -0.3 is 4.74 Å². The zero-order valence-corrected chi connectivity index (χ0v) is 14.5. The van der Waals surface area contributed by atoms with Gasteiger partial charge in [0.25, 0.3) is 0 Å². The first-order valence-corrected chi connectivity index (χ1v) is 7.74. The van der Waals surface area contributed by atoms with Crippen molar-refractivity contribution in [3.05, 3.63) is 62.1 Å². The molecule has 0 saturated heterocycles. The van der Waals surface area contributed by atoms with Gasteiger partial charge in [-0.3, -0.25) is 4.79 Å². The van der Waals surface area contributed by atoms with Gasteiger partial charge in [0, 0.05) is 10.0 Å². The Morgan fingerprint density at radius 2 is 1.86 bits per heavy atom. The van der Waals surface area contributed by atoms with Crippen molar-refractivity contribution in [1.82, 2.24) is 0 Å². The van der Waals surface area contributed by atoms with Gasteiger partial charge in [0.2, 0.25) is 0 Å². The first kappa shape index (κ1) is 16.1. The highest BCUT2D eigenvalue weighted by Crippen LogP contribution is 2.32. The minimum atomic E-state index is -0.0501. The number of halogens is 2. The van der Waals surface area contributed by atoms with Crippen molar-refractivity contribution in [2.75, 3.05) is 6.61 Å². The maximum Gasteiger partial charge on any atom is 0.200 e. The quantitative estimate of drug-likeness (QED) is 0.686. The fraction of sp³-hybridized carbons (Fsp3) is 0.235. The summed E-state index contributed by atoms with van der Waals surface area (Å²) in [5, 5.41) is 0.496. The molecule has 0 aliphatic carbocycles. The Balaban J connectivity index is 2.15. The summed E-state index contributed by atoms with van der Waals surface area (Å²) in [6.45, 7) is 5.81. The molecule has 4 heteroatoms. The molecule has 0 saturated carbocycles. The summed E-state index contributed by atoms with van der Waals surface area (Å²) < 4.78 is 6.51. The first-order chi connectivity index (χ1) is 9.88. The van der Waals surface area contributed by atoms with Gasteiger partial charge in [0.05, 0.1) is 5.02 Å². The number of hydrogen-bond donors (Lipinski definition) is 0. The number of Topliss-reactive ketones (excluding diaryl/α,β-unsaturated/α-hetero) is 1. The van der Waals surface area contributed by atoms with Gasteiger partial charge in [0.1, 0.15) is 5.75 Å². The smallest absolute Gasteiger partial charge is 0.200 e. The largest absolute Gasteiger partial charge is 0.484 e. The van der Waals surface area contributed by atoms with Crippen molar-refractivity contribution in [1.29, 1.82) is 0 Å². The Morgan fingerprint density at radius 1 is 1.14 bits per heavy atom. The third kappa shape index (κ3) is 3.86. The van der Waals surface area contributed by atoms with Crippen LogP contribution in [0.25, 0.3) is 0 Å². The molecule has 0 radical (unpaired) electrons. The van der Waals surface area contributed by atoms with E-state index in [9.17, 15) is 4.79 Å². The number of aryl methyl sites for hydroxylation is 3. The Labute approximate surface area is 138 Å². The van der Waals surface area contributed by atoms with Gasteiger partial charge in [-0.2, -0.15) is 0 Å². The van der Waals surface area contributed by atoms with Crippen molar-refractivity contribution < 1.29 is 9.53 Å². The van der Waals surface area contributed by atoms with Crippen LogP contribution in [0.4, 0.5) is 0 Å². The van der Waals surface area contributed by atoms with Crippen LogP contribution in [0.15, 0.2) is 34.8 Å². The van der Waals surface area contributed by atoms with E-state index in [0.29, 0.717) is 16.3 Å². The Hall–Kier alpha value is -1.32. The molecular weight excluding hydrogens is 352 g/mol. The molecule has 2 nitrogen and oxygen atoms in total. The highest BCUT2D eigenvalue weighted by atomic mass is 79.9. The SMILES string of the molecule is Cc1ccc(C(=O)COc2c(C)cc(Br)cc2Cl)c(C)c1. The van der Waals surface area contributed by atoms with Crippen molar-refractivity contribution in [3.63, 3.8) is 0 Å². The van der Waals surface area contributed by atoms with E-state index >= 15 is 0 Å². The molecule has 2 rings (SSSR count). The van der Waals surface area contributed by atoms with Crippen LogP contribution in [0.1, 0.15) is 27.0 Å². The number of hydrogen-bond acceptors (Lipinski definition) is 2. The molecule has 0 bridgehead atoms. The highest BCUT2D eigenvalue weighted by Gasteiger charge is 2.13. The molecule has 0 aromatic heterocycles. The molecular formula is C17H16BrClO2. The van der Waals surface area contributed by atoms with E-state index in [0.717, 1.165) is 21.2 Å². The van der Waals surface area contributed by atoms with E-state index in [1.165, 1.54) is 0 Å². The first-order valence-electron chi connectivity index (χ1n) is 6.57. The van der Waals surface area contributed by atoms with Crippen LogP contribution < -0.4 is 4.74 Å². The summed E-state index contributed by atoms with van der Waals surface area (Å²) in [7, 11) is 0. The topological polar surface area (TPSA) is 26.3 Å². The minimum absolute atomic E-state index is 0.0217. The number of carbonyl (C=O) groups is 1. The lowest BCUT2D eigenvalue weighted by molar-refractivity contribution is 0.0920. The van der Waals surface area contributed by atoms with Crippen LogP contribution in [-0.4, -0.2) is 12.4 Å². The van der Waals surface area contributed by atoms with Crippen LogP contribution in [-0.2, 0) is 0 Å². The Morgan fingerprint density at radius 3 is 2.48 bits per heavy atom. The lowest BCUT2D eigenvalue weighted by Crippen LogP contribution is -2.13. The second-order valence-electron chi connectivity index (χ2n) is 5.06. The zero-order chi connectivity index (χ0) is 15.6. The minimum Gasteiger partial charge on any atom is -0.484 e. The molecule has 0 heterocycles. The van der Waals surface area contributed by atoms with E-state index < -0.39 is 0 Å². The molecule has 2 aromatic carbocycles. The average Bonchev–Trinajstić information content (AvgIpc) is 2.36. The second-order valence-corrected chi connectivity index (χ2v) is 6.39. The van der Waals surface area contributed by atoms with E-state index in [4.69, 9.17) is 16.3 Å². The molecule has 2 aromatic rings. The number of carbonyl (C=O) groups excluding carboxylic acids is 1. The molecule has 0 aliphatic heterocycles. The molecule has 0 fully saturated rings. The lowest BCUT2D eigenvalue weighted by atomic mass is 10.0. The van der Waals surface area contributed by atoms with Crippen molar-refractivity contribution >= 4 is 33.3 Å². The summed E-state index contributed by atoms with van der Waals surface area (Å²) in [6.07, 6.45) is 0. The molecule has 0 atom stereocenters. The predicted octanol–water partition coefficient (Wildman–Crippen LogP) is 5.29. The molecule has 0 unspecified atom stereocenters. The summed E-state index contributed by atoms with van der Waals surface area (Å²) in [4.78, 5) is 12.3. The zero-order valence-electron chi connectivity index (χ0n) is 12.2. The summed E-state index contributed by atoms with van der Waals surface area (Å²) >= 11 is 9.52.